The van der Waals surface area contributed by atoms with E-state index in [1.165, 1.54) is 10.4 Å². The standard InChI is InChI=1S/C17H26N2O4S.ClH/c1-5-23-16(20)13-7-6-12(2)14(10-13)24(21,22)19-9-8-15(18)17(3,4)11-19;/h6-7,10,15H,5,8-9,11,18H2,1-4H3;1H. The van der Waals surface area contributed by atoms with Crippen LogP contribution in [-0.2, 0) is 14.8 Å². The molecule has 1 saturated heterocycles. The normalized spacial score (nSPS) is 20.6. The van der Waals surface area contributed by atoms with Crippen molar-refractivity contribution >= 4 is 28.4 Å². The molecule has 6 nitrogen and oxygen atoms in total. The van der Waals surface area contributed by atoms with E-state index in [1.807, 2.05) is 13.8 Å². The van der Waals surface area contributed by atoms with E-state index in [0.717, 1.165) is 0 Å². The number of sulfonamides is 1. The van der Waals surface area contributed by atoms with Crippen molar-refractivity contribution in [3.05, 3.63) is 29.3 Å². The van der Waals surface area contributed by atoms with Gasteiger partial charge in [-0.2, -0.15) is 4.31 Å². The van der Waals surface area contributed by atoms with E-state index >= 15 is 0 Å². The Bertz CT molecular complexity index is 734. The molecule has 2 rings (SSSR count). The lowest BCUT2D eigenvalue weighted by atomic mass is 9.81. The van der Waals surface area contributed by atoms with E-state index in [9.17, 15) is 13.2 Å². The number of esters is 1. The van der Waals surface area contributed by atoms with Gasteiger partial charge in [0.05, 0.1) is 17.1 Å². The summed E-state index contributed by atoms with van der Waals surface area (Å²) < 4.78 is 32.6. The van der Waals surface area contributed by atoms with Crippen LogP contribution in [0, 0.1) is 12.3 Å². The fourth-order valence-corrected chi connectivity index (χ4v) is 4.77. The molecule has 0 spiro atoms. The third kappa shape index (κ3) is 4.53. The van der Waals surface area contributed by atoms with Gasteiger partial charge in [-0.15, -0.1) is 12.4 Å². The van der Waals surface area contributed by atoms with E-state index in [0.29, 0.717) is 25.1 Å². The molecule has 142 valence electrons. The number of piperidine rings is 1. The molecule has 0 saturated carbocycles. The topological polar surface area (TPSA) is 89.7 Å². The molecule has 1 fully saturated rings. The molecule has 25 heavy (non-hydrogen) atoms. The van der Waals surface area contributed by atoms with Gasteiger partial charge in [0, 0.05) is 19.1 Å². The number of hydrogen-bond acceptors (Lipinski definition) is 5. The lowest BCUT2D eigenvalue weighted by Gasteiger charge is -2.41. The smallest absolute Gasteiger partial charge is 0.338 e. The van der Waals surface area contributed by atoms with Crippen molar-refractivity contribution < 1.29 is 17.9 Å². The van der Waals surface area contributed by atoms with Crippen molar-refractivity contribution in [2.75, 3.05) is 19.7 Å². The Morgan fingerprint density at radius 3 is 2.60 bits per heavy atom. The number of halogens is 1. The molecule has 1 aliphatic rings. The molecule has 0 aliphatic carbocycles. The second-order valence-electron chi connectivity index (χ2n) is 6.92. The Balaban J connectivity index is 0.00000312. The third-order valence-corrected chi connectivity index (χ3v) is 6.58. The zero-order chi connectivity index (χ0) is 18.1. The van der Waals surface area contributed by atoms with Gasteiger partial charge in [-0.25, -0.2) is 13.2 Å². The molecular weight excluding hydrogens is 364 g/mol. The van der Waals surface area contributed by atoms with Gasteiger partial charge in [0.15, 0.2) is 0 Å². The first kappa shape index (κ1) is 21.9. The molecule has 1 atom stereocenters. The Hall–Kier alpha value is -1.15. The highest BCUT2D eigenvalue weighted by atomic mass is 35.5. The van der Waals surface area contributed by atoms with Crippen LogP contribution >= 0.6 is 12.4 Å². The summed E-state index contributed by atoms with van der Waals surface area (Å²) in [4.78, 5) is 12.1. The van der Waals surface area contributed by atoms with Crippen molar-refractivity contribution in [2.45, 2.75) is 45.1 Å². The highest BCUT2D eigenvalue weighted by molar-refractivity contribution is 7.89. The summed E-state index contributed by atoms with van der Waals surface area (Å²) in [6, 6.07) is 4.60. The number of nitrogens with two attached hydrogens (primary N) is 1. The maximum atomic E-state index is 13.1. The Morgan fingerprint density at radius 2 is 2.04 bits per heavy atom. The predicted octanol–water partition coefficient (Wildman–Crippen LogP) is 2.34. The van der Waals surface area contributed by atoms with Crippen LogP contribution in [0.3, 0.4) is 0 Å². The van der Waals surface area contributed by atoms with Crippen LogP contribution in [0.4, 0.5) is 0 Å². The van der Waals surface area contributed by atoms with Crippen LogP contribution < -0.4 is 5.73 Å². The highest BCUT2D eigenvalue weighted by Crippen LogP contribution is 2.32. The van der Waals surface area contributed by atoms with Gasteiger partial charge in [0.2, 0.25) is 10.0 Å². The number of nitrogens with zero attached hydrogens (tertiary/aromatic N) is 1. The van der Waals surface area contributed by atoms with E-state index in [4.69, 9.17) is 10.5 Å². The lowest BCUT2D eigenvalue weighted by Crippen LogP contribution is -2.53. The monoisotopic (exact) mass is 390 g/mol. The molecule has 0 amide bonds. The van der Waals surface area contributed by atoms with Crippen molar-refractivity contribution in [2.24, 2.45) is 11.1 Å². The Kier molecular flexibility index (Phi) is 7.03. The van der Waals surface area contributed by atoms with E-state index in [1.54, 1.807) is 26.0 Å². The molecular formula is C17H27ClN2O4S. The van der Waals surface area contributed by atoms with Crippen molar-refractivity contribution in [3.8, 4) is 0 Å². The molecule has 1 unspecified atom stereocenters. The van der Waals surface area contributed by atoms with Crippen LogP contribution in [0.25, 0.3) is 0 Å². The fourth-order valence-electron chi connectivity index (χ4n) is 2.89. The molecule has 2 N–H and O–H groups in total. The second-order valence-corrected chi connectivity index (χ2v) is 8.83. The quantitative estimate of drug-likeness (QED) is 0.797. The SMILES string of the molecule is CCOC(=O)c1ccc(C)c(S(=O)(=O)N2CCC(N)C(C)(C)C2)c1.Cl. The number of aryl methyl sites for hydroxylation is 1. The summed E-state index contributed by atoms with van der Waals surface area (Å²) in [6.45, 7) is 8.37. The minimum atomic E-state index is -3.69. The number of ether oxygens (including phenoxy) is 1. The largest absolute Gasteiger partial charge is 0.462 e. The zero-order valence-corrected chi connectivity index (χ0v) is 16.7. The molecule has 1 aromatic rings. The van der Waals surface area contributed by atoms with E-state index in [2.05, 4.69) is 0 Å². The number of benzene rings is 1. The minimum absolute atomic E-state index is 0. The van der Waals surface area contributed by atoms with E-state index < -0.39 is 16.0 Å². The molecule has 0 aromatic heterocycles. The van der Waals surface area contributed by atoms with Crippen LogP contribution in [0.5, 0.6) is 0 Å². The van der Waals surface area contributed by atoms with E-state index in [-0.39, 0.29) is 40.9 Å². The average Bonchev–Trinajstić information content (AvgIpc) is 2.50. The number of carbonyl (C=O) groups excluding carboxylic acids is 1. The summed E-state index contributed by atoms with van der Waals surface area (Å²) in [7, 11) is -3.69. The van der Waals surface area contributed by atoms with Gasteiger partial charge in [-0.1, -0.05) is 19.9 Å². The zero-order valence-electron chi connectivity index (χ0n) is 15.1. The number of carbonyl (C=O) groups is 1. The molecule has 0 radical (unpaired) electrons. The van der Waals surface area contributed by atoms with Gasteiger partial charge in [0.25, 0.3) is 0 Å². The first-order chi connectivity index (χ1) is 11.1. The van der Waals surface area contributed by atoms with Gasteiger partial charge in [-0.05, 0) is 43.4 Å². The van der Waals surface area contributed by atoms with Crippen molar-refractivity contribution in [3.63, 3.8) is 0 Å². The summed E-state index contributed by atoms with van der Waals surface area (Å²) >= 11 is 0. The summed E-state index contributed by atoms with van der Waals surface area (Å²) in [5.41, 5.74) is 6.66. The molecule has 1 aromatic carbocycles. The van der Waals surface area contributed by atoms with Gasteiger partial charge in [0.1, 0.15) is 0 Å². The maximum Gasteiger partial charge on any atom is 0.338 e. The lowest BCUT2D eigenvalue weighted by molar-refractivity contribution is 0.0526. The van der Waals surface area contributed by atoms with Crippen LogP contribution in [0.2, 0.25) is 0 Å². The second kappa shape index (κ2) is 8.03. The molecule has 1 aliphatic heterocycles. The third-order valence-electron chi connectivity index (χ3n) is 4.59. The van der Waals surface area contributed by atoms with Gasteiger partial charge in [-0.3, -0.25) is 0 Å². The summed E-state index contributed by atoms with van der Waals surface area (Å²) in [5.74, 6) is -0.519. The molecule has 8 heteroatoms. The Morgan fingerprint density at radius 1 is 1.40 bits per heavy atom. The van der Waals surface area contributed by atoms with Crippen molar-refractivity contribution in [1.29, 1.82) is 0 Å². The van der Waals surface area contributed by atoms with Crippen LogP contribution in [0.1, 0.15) is 43.1 Å². The van der Waals surface area contributed by atoms with Crippen molar-refractivity contribution in [1.82, 2.24) is 4.31 Å². The molecule has 0 bridgehead atoms. The highest BCUT2D eigenvalue weighted by Gasteiger charge is 2.39. The predicted molar refractivity (Wildman–Crippen MR) is 99.5 cm³/mol. The minimum Gasteiger partial charge on any atom is -0.462 e. The molecule has 1 heterocycles. The first-order valence-electron chi connectivity index (χ1n) is 8.13. The maximum absolute atomic E-state index is 13.1. The first-order valence-corrected chi connectivity index (χ1v) is 9.57. The van der Waals surface area contributed by atoms with Crippen LogP contribution in [-0.4, -0.2) is 44.4 Å². The van der Waals surface area contributed by atoms with Crippen LogP contribution in [0.15, 0.2) is 23.1 Å². The van der Waals surface area contributed by atoms with Gasteiger partial charge < -0.3 is 10.5 Å². The Labute approximate surface area is 156 Å². The van der Waals surface area contributed by atoms with Gasteiger partial charge >= 0.3 is 5.97 Å². The fraction of sp³-hybridized carbons (Fsp3) is 0.588. The number of hydrogen-bond donors (Lipinski definition) is 1. The summed E-state index contributed by atoms with van der Waals surface area (Å²) in [5, 5.41) is 0. The number of rotatable bonds is 4. The average molecular weight is 391 g/mol. The summed E-state index contributed by atoms with van der Waals surface area (Å²) in [6.07, 6.45) is 0.614.